The second-order valence-electron chi connectivity index (χ2n) is 7.42. The molecule has 0 aromatic heterocycles. The van der Waals surface area contributed by atoms with Crippen LogP contribution in [0.25, 0.3) is 0 Å². The van der Waals surface area contributed by atoms with Crippen LogP contribution in [0.4, 0.5) is 5.69 Å². The van der Waals surface area contributed by atoms with Gasteiger partial charge in [0.25, 0.3) is 0 Å². The Morgan fingerprint density at radius 2 is 1.82 bits per heavy atom. The Labute approximate surface area is 168 Å². The number of nitrogens with zero attached hydrogens (tertiary/aromatic N) is 4. The summed E-state index contributed by atoms with van der Waals surface area (Å²) in [7, 11) is 0. The molecule has 2 aliphatic heterocycles. The second kappa shape index (κ2) is 10.4. The van der Waals surface area contributed by atoms with Gasteiger partial charge in [0.15, 0.2) is 5.96 Å². The Morgan fingerprint density at radius 3 is 2.50 bits per heavy atom. The van der Waals surface area contributed by atoms with E-state index in [0.29, 0.717) is 13.0 Å². The minimum Gasteiger partial charge on any atom is -0.357 e. The molecule has 0 radical (unpaired) electrons. The smallest absolute Gasteiger partial charge is 0.229 e. The molecule has 7 heteroatoms. The number of anilines is 1. The lowest BCUT2D eigenvalue weighted by Crippen LogP contribution is -2.47. The summed E-state index contributed by atoms with van der Waals surface area (Å²) in [6.45, 7) is 13.2. The van der Waals surface area contributed by atoms with Crippen molar-refractivity contribution in [2.24, 2.45) is 4.99 Å². The molecule has 28 heavy (non-hydrogen) atoms. The van der Waals surface area contributed by atoms with Crippen molar-refractivity contribution >= 4 is 17.6 Å². The summed E-state index contributed by atoms with van der Waals surface area (Å²) in [6.07, 6.45) is 0.498. The topological polar surface area (TPSA) is 63.2 Å². The fourth-order valence-electron chi connectivity index (χ4n) is 3.81. The summed E-state index contributed by atoms with van der Waals surface area (Å²) in [5.41, 5.74) is 0.963. The van der Waals surface area contributed by atoms with Crippen molar-refractivity contribution in [2.45, 2.75) is 26.3 Å². The van der Waals surface area contributed by atoms with Gasteiger partial charge in [-0.2, -0.15) is 0 Å². The number of aliphatic imine (C=N–C) groups is 1. The predicted molar refractivity (Wildman–Crippen MR) is 115 cm³/mol. The Kier molecular flexibility index (Phi) is 7.68. The third-order valence-corrected chi connectivity index (χ3v) is 5.48. The van der Waals surface area contributed by atoms with Gasteiger partial charge < -0.3 is 20.4 Å². The van der Waals surface area contributed by atoms with Gasteiger partial charge >= 0.3 is 0 Å². The van der Waals surface area contributed by atoms with Gasteiger partial charge in [-0.3, -0.25) is 14.7 Å². The highest BCUT2D eigenvalue weighted by Gasteiger charge is 2.31. The summed E-state index contributed by atoms with van der Waals surface area (Å²) in [5.74, 6) is 0.968. The molecular weight excluding hydrogens is 352 g/mol. The molecule has 154 valence electrons. The minimum absolute atomic E-state index is 0.0820. The Morgan fingerprint density at radius 1 is 1.11 bits per heavy atom. The highest BCUT2D eigenvalue weighted by atomic mass is 16.2. The maximum Gasteiger partial charge on any atom is 0.229 e. The first-order valence-electron chi connectivity index (χ1n) is 10.5. The third kappa shape index (κ3) is 5.69. The zero-order valence-corrected chi connectivity index (χ0v) is 17.2. The molecule has 0 aliphatic carbocycles. The quantitative estimate of drug-likeness (QED) is 0.540. The number of nitrogens with one attached hydrogen (secondary N) is 2. The number of rotatable bonds is 7. The van der Waals surface area contributed by atoms with E-state index in [0.717, 1.165) is 64.0 Å². The van der Waals surface area contributed by atoms with Crippen LogP contribution >= 0.6 is 0 Å². The number of guanidine groups is 1. The number of hydrogen-bond donors (Lipinski definition) is 2. The molecule has 2 N–H and O–H groups in total. The van der Waals surface area contributed by atoms with E-state index >= 15 is 0 Å². The number of likely N-dealkylation sites (N-methyl/N-ethyl adjacent to an activating group) is 1. The standard InChI is InChI=1S/C21H34N6O/c1-3-22-21(23-10-11-26-14-12-25(4-2)13-15-26)24-18-16-20(28)27(17-18)19-8-6-5-7-9-19/h5-9,18H,3-4,10-17H2,1-2H3,(H2,22,23,24). The highest BCUT2D eigenvalue weighted by molar-refractivity contribution is 5.97. The third-order valence-electron chi connectivity index (χ3n) is 5.48. The minimum atomic E-state index is 0.0820. The molecule has 0 saturated carbocycles. The Hall–Kier alpha value is -2.12. The molecule has 1 atom stereocenters. The number of para-hydroxylation sites is 1. The molecule has 2 heterocycles. The average Bonchev–Trinajstić information content (AvgIpc) is 3.09. The monoisotopic (exact) mass is 386 g/mol. The number of piperazine rings is 1. The molecule has 1 aromatic carbocycles. The molecule has 0 spiro atoms. The zero-order valence-electron chi connectivity index (χ0n) is 17.2. The Bertz CT molecular complexity index is 642. The Balaban J connectivity index is 1.49. The number of hydrogen-bond acceptors (Lipinski definition) is 4. The fourth-order valence-corrected chi connectivity index (χ4v) is 3.81. The lowest BCUT2D eigenvalue weighted by molar-refractivity contribution is -0.117. The van der Waals surface area contributed by atoms with Crippen LogP contribution in [-0.2, 0) is 4.79 Å². The normalized spacial score (nSPS) is 21.9. The molecule has 7 nitrogen and oxygen atoms in total. The summed E-state index contributed by atoms with van der Waals surface area (Å²) < 4.78 is 0. The van der Waals surface area contributed by atoms with Crippen molar-refractivity contribution in [2.75, 3.05) is 63.8 Å². The first kappa shape index (κ1) is 20.6. The summed E-state index contributed by atoms with van der Waals surface area (Å²) >= 11 is 0. The van der Waals surface area contributed by atoms with Crippen LogP contribution in [-0.4, -0.2) is 86.6 Å². The van der Waals surface area contributed by atoms with E-state index in [9.17, 15) is 4.79 Å². The van der Waals surface area contributed by atoms with E-state index in [1.54, 1.807) is 0 Å². The van der Waals surface area contributed by atoms with Crippen LogP contribution in [0.2, 0.25) is 0 Å². The van der Waals surface area contributed by atoms with E-state index in [1.165, 1.54) is 0 Å². The molecule has 2 aliphatic rings. The van der Waals surface area contributed by atoms with E-state index < -0.39 is 0 Å². The molecule has 2 fully saturated rings. The maximum atomic E-state index is 12.4. The van der Waals surface area contributed by atoms with Gasteiger partial charge in [-0.15, -0.1) is 0 Å². The van der Waals surface area contributed by atoms with Crippen LogP contribution in [0.15, 0.2) is 35.3 Å². The first-order chi connectivity index (χ1) is 13.7. The molecule has 3 rings (SSSR count). The zero-order chi connectivity index (χ0) is 19.8. The molecular formula is C21H34N6O. The molecule has 2 saturated heterocycles. The van der Waals surface area contributed by atoms with Gasteiger partial charge in [-0.25, -0.2) is 0 Å². The second-order valence-corrected chi connectivity index (χ2v) is 7.42. The van der Waals surface area contributed by atoms with Crippen molar-refractivity contribution < 1.29 is 4.79 Å². The van der Waals surface area contributed by atoms with Crippen LogP contribution in [0.5, 0.6) is 0 Å². The summed E-state index contributed by atoms with van der Waals surface area (Å²) in [5, 5.41) is 6.77. The number of amides is 1. The van der Waals surface area contributed by atoms with E-state index in [2.05, 4.69) is 34.3 Å². The SMILES string of the molecule is CCNC(=NCCN1CCN(CC)CC1)NC1CC(=O)N(c2ccccc2)C1. The van der Waals surface area contributed by atoms with Gasteiger partial charge in [0.2, 0.25) is 5.91 Å². The lowest BCUT2D eigenvalue weighted by Gasteiger charge is -2.33. The van der Waals surface area contributed by atoms with Crippen molar-refractivity contribution in [3.05, 3.63) is 30.3 Å². The first-order valence-corrected chi connectivity index (χ1v) is 10.5. The number of carbonyl (C=O) groups is 1. The van der Waals surface area contributed by atoms with Gasteiger partial charge in [-0.1, -0.05) is 25.1 Å². The van der Waals surface area contributed by atoms with Crippen molar-refractivity contribution in [3.8, 4) is 0 Å². The van der Waals surface area contributed by atoms with E-state index in [-0.39, 0.29) is 11.9 Å². The van der Waals surface area contributed by atoms with Crippen molar-refractivity contribution in [1.82, 2.24) is 20.4 Å². The van der Waals surface area contributed by atoms with Crippen LogP contribution in [0.1, 0.15) is 20.3 Å². The number of benzene rings is 1. The average molecular weight is 387 g/mol. The van der Waals surface area contributed by atoms with Crippen molar-refractivity contribution in [3.63, 3.8) is 0 Å². The maximum absolute atomic E-state index is 12.4. The summed E-state index contributed by atoms with van der Waals surface area (Å²) in [6, 6.07) is 9.96. The highest BCUT2D eigenvalue weighted by Crippen LogP contribution is 2.20. The predicted octanol–water partition coefficient (Wildman–Crippen LogP) is 0.985. The molecule has 1 aromatic rings. The van der Waals surface area contributed by atoms with Gasteiger partial charge in [0.05, 0.1) is 12.6 Å². The van der Waals surface area contributed by atoms with Crippen molar-refractivity contribution in [1.29, 1.82) is 0 Å². The fraction of sp³-hybridized carbons (Fsp3) is 0.619. The van der Waals surface area contributed by atoms with Gasteiger partial charge in [-0.05, 0) is 25.6 Å². The van der Waals surface area contributed by atoms with Gasteiger partial charge in [0.1, 0.15) is 0 Å². The van der Waals surface area contributed by atoms with Crippen LogP contribution in [0.3, 0.4) is 0 Å². The molecule has 1 amide bonds. The lowest BCUT2D eigenvalue weighted by atomic mass is 10.2. The van der Waals surface area contributed by atoms with Crippen LogP contribution in [0, 0.1) is 0 Å². The molecule has 0 bridgehead atoms. The van der Waals surface area contributed by atoms with E-state index in [4.69, 9.17) is 4.99 Å². The number of carbonyl (C=O) groups excluding carboxylic acids is 1. The van der Waals surface area contributed by atoms with E-state index in [1.807, 2.05) is 35.2 Å². The van der Waals surface area contributed by atoms with Crippen LogP contribution < -0.4 is 15.5 Å². The molecule has 1 unspecified atom stereocenters. The van der Waals surface area contributed by atoms with Gasteiger partial charge in [0, 0.05) is 57.9 Å². The largest absolute Gasteiger partial charge is 0.357 e. The summed E-state index contributed by atoms with van der Waals surface area (Å²) in [4.78, 5) is 24.0.